The standard InChI is InChI=1S/C20H23N3/c1-16-8-10-17(11-9-16)14-23-19-7-3-2-6-18(19)21-20(23)15-22-12-4-5-13-22/h2-3,6-11H,4-5,12-15H2,1H3/i4D2,5D2,12D2,13D2,15D2. The zero-order valence-corrected chi connectivity index (χ0v) is 12.7. The van der Waals surface area contributed by atoms with Crippen molar-refractivity contribution in [2.24, 2.45) is 0 Å². The SMILES string of the molecule is [2H]C([2H])(c1nc2ccccc2n1Cc1ccc(C)cc1)N1C([2H])([2H])C([2H])([2H])C([2H])([2H])C1([2H])[2H]. The van der Waals surface area contributed by atoms with Crippen molar-refractivity contribution in [2.75, 3.05) is 13.0 Å². The van der Waals surface area contributed by atoms with Crippen LogP contribution in [0.25, 0.3) is 11.0 Å². The number of imidazole rings is 1. The third-order valence-electron chi connectivity index (χ3n) is 3.73. The minimum absolute atomic E-state index is 0.0137. The van der Waals surface area contributed by atoms with Crippen molar-refractivity contribution < 1.29 is 13.7 Å². The van der Waals surface area contributed by atoms with Crippen molar-refractivity contribution in [3.05, 3.63) is 65.5 Å². The Kier molecular flexibility index (Phi) is 1.93. The molecule has 0 unspecified atom stereocenters. The van der Waals surface area contributed by atoms with Gasteiger partial charge in [-0.3, -0.25) is 4.90 Å². The summed E-state index contributed by atoms with van der Waals surface area (Å²) >= 11 is 0. The smallest absolute Gasteiger partial charge is 0.124 e. The summed E-state index contributed by atoms with van der Waals surface area (Å²) in [6.45, 7) is -7.57. The van der Waals surface area contributed by atoms with Crippen LogP contribution in [-0.4, -0.2) is 27.4 Å². The molecule has 0 radical (unpaired) electrons. The van der Waals surface area contributed by atoms with Crippen LogP contribution in [0.15, 0.2) is 48.5 Å². The molecule has 1 saturated heterocycles. The van der Waals surface area contributed by atoms with E-state index in [1.54, 1.807) is 24.3 Å². The van der Waals surface area contributed by atoms with Crippen LogP contribution in [0.1, 0.15) is 43.4 Å². The van der Waals surface area contributed by atoms with Crippen LogP contribution >= 0.6 is 0 Å². The van der Waals surface area contributed by atoms with E-state index in [1.165, 1.54) is 4.57 Å². The second-order valence-electron chi connectivity index (χ2n) is 5.42. The maximum Gasteiger partial charge on any atom is 0.124 e. The summed E-state index contributed by atoms with van der Waals surface area (Å²) in [5.41, 5.74) is 2.77. The Morgan fingerprint density at radius 1 is 1.09 bits per heavy atom. The first-order valence-corrected chi connectivity index (χ1v) is 7.38. The number of benzene rings is 2. The van der Waals surface area contributed by atoms with Gasteiger partial charge < -0.3 is 4.57 Å². The molecule has 1 fully saturated rings. The first-order chi connectivity index (χ1) is 15.1. The highest BCUT2D eigenvalue weighted by Gasteiger charge is 2.17. The Hall–Kier alpha value is -2.13. The summed E-state index contributed by atoms with van der Waals surface area (Å²) in [6.07, 6.45) is -6.69. The minimum Gasteiger partial charge on any atom is -0.322 e. The normalized spacial score (nSPS) is 31.3. The number of nitrogens with zero attached hydrogens (tertiary/aromatic N) is 3. The molecule has 4 rings (SSSR count). The first-order valence-electron chi connectivity index (χ1n) is 12.4. The van der Waals surface area contributed by atoms with Crippen molar-refractivity contribution in [1.82, 2.24) is 14.5 Å². The quantitative estimate of drug-likeness (QED) is 0.726. The Morgan fingerprint density at radius 2 is 1.83 bits per heavy atom. The molecule has 2 heterocycles. The number of rotatable bonds is 4. The van der Waals surface area contributed by atoms with Gasteiger partial charge in [0.1, 0.15) is 5.82 Å². The number of fused-ring (bicyclic) bond motifs is 1. The van der Waals surface area contributed by atoms with E-state index in [0.717, 1.165) is 11.1 Å². The lowest BCUT2D eigenvalue weighted by Crippen LogP contribution is -2.21. The van der Waals surface area contributed by atoms with Gasteiger partial charge in [-0.05, 0) is 50.4 Å². The van der Waals surface area contributed by atoms with E-state index in [9.17, 15) is 0 Å². The lowest BCUT2D eigenvalue weighted by Gasteiger charge is -2.16. The molecule has 23 heavy (non-hydrogen) atoms. The number of likely N-dealkylation sites (tertiary alicyclic amines) is 1. The lowest BCUT2D eigenvalue weighted by molar-refractivity contribution is 0.318. The maximum atomic E-state index is 8.80. The summed E-state index contributed by atoms with van der Waals surface area (Å²) in [6, 6.07) is 14.3. The molecule has 3 aromatic rings. The first kappa shape index (κ1) is 7.18. The second-order valence-corrected chi connectivity index (χ2v) is 5.42. The van der Waals surface area contributed by atoms with Gasteiger partial charge in [0.25, 0.3) is 0 Å². The summed E-state index contributed by atoms with van der Waals surface area (Å²) in [4.78, 5) is 4.35. The summed E-state index contributed by atoms with van der Waals surface area (Å²) < 4.78 is 84.3. The van der Waals surface area contributed by atoms with Gasteiger partial charge in [-0.25, -0.2) is 4.98 Å². The van der Waals surface area contributed by atoms with Gasteiger partial charge in [-0.15, -0.1) is 0 Å². The third kappa shape index (κ3) is 3.02. The predicted molar refractivity (Wildman–Crippen MR) is 94.5 cm³/mol. The molecule has 1 aromatic heterocycles. The topological polar surface area (TPSA) is 21.1 Å². The largest absolute Gasteiger partial charge is 0.322 e. The van der Waals surface area contributed by atoms with Crippen molar-refractivity contribution >= 4 is 11.0 Å². The average Bonchev–Trinajstić information content (AvgIpc) is 3.10. The number of para-hydroxylation sites is 2. The van der Waals surface area contributed by atoms with E-state index in [4.69, 9.17) is 13.7 Å². The van der Waals surface area contributed by atoms with E-state index in [0.29, 0.717) is 11.0 Å². The number of aryl methyl sites for hydroxylation is 1. The molecule has 0 bridgehead atoms. The Labute approximate surface area is 151 Å². The fourth-order valence-electron chi connectivity index (χ4n) is 2.55. The molecule has 118 valence electrons. The minimum atomic E-state index is -3.34. The molecule has 2 aromatic carbocycles. The number of hydrogen-bond donors (Lipinski definition) is 0. The molecular formula is C20H23N3. The molecule has 1 aliphatic heterocycles. The summed E-state index contributed by atoms with van der Waals surface area (Å²) in [5.74, 6) is -0.342. The number of aromatic nitrogens is 2. The summed E-state index contributed by atoms with van der Waals surface area (Å²) in [5, 5.41) is 0. The van der Waals surface area contributed by atoms with Gasteiger partial charge in [0.15, 0.2) is 0 Å². The van der Waals surface area contributed by atoms with Crippen molar-refractivity contribution in [3.8, 4) is 0 Å². The Morgan fingerprint density at radius 3 is 2.61 bits per heavy atom. The monoisotopic (exact) mass is 315 g/mol. The van der Waals surface area contributed by atoms with Gasteiger partial charge in [0.2, 0.25) is 0 Å². The van der Waals surface area contributed by atoms with Gasteiger partial charge in [-0.1, -0.05) is 42.0 Å². The highest BCUT2D eigenvalue weighted by Crippen LogP contribution is 2.21. The van der Waals surface area contributed by atoms with Crippen LogP contribution in [0, 0.1) is 6.92 Å². The molecule has 0 aliphatic carbocycles. The van der Waals surface area contributed by atoms with Crippen LogP contribution in [0.3, 0.4) is 0 Å². The fourth-order valence-corrected chi connectivity index (χ4v) is 2.55. The Balaban J connectivity index is 1.94. The van der Waals surface area contributed by atoms with Gasteiger partial charge in [0, 0.05) is 17.5 Å². The highest BCUT2D eigenvalue weighted by molar-refractivity contribution is 5.76. The van der Waals surface area contributed by atoms with Crippen molar-refractivity contribution in [2.45, 2.75) is 32.7 Å². The highest BCUT2D eigenvalue weighted by atomic mass is 15.2. The fraction of sp³-hybridized carbons (Fsp3) is 0.350. The zero-order chi connectivity index (χ0) is 24.6. The van der Waals surface area contributed by atoms with Crippen molar-refractivity contribution in [1.29, 1.82) is 0 Å². The molecule has 0 saturated carbocycles. The lowest BCUT2D eigenvalue weighted by atomic mass is 10.1. The Bertz CT molecular complexity index is 1170. The maximum absolute atomic E-state index is 8.80. The van der Waals surface area contributed by atoms with E-state index in [2.05, 4.69) is 4.98 Å². The molecule has 0 spiro atoms. The average molecular weight is 315 g/mol. The molecule has 1 aliphatic rings. The molecule has 0 N–H and O–H groups in total. The van der Waals surface area contributed by atoms with Crippen LogP contribution in [-0.2, 0) is 13.0 Å². The molecule has 0 atom stereocenters. The van der Waals surface area contributed by atoms with E-state index in [-0.39, 0.29) is 17.3 Å². The van der Waals surface area contributed by atoms with Gasteiger partial charge in [-0.2, -0.15) is 0 Å². The third-order valence-corrected chi connectivity index (χ3v) is 3.73. The summed E-state index contributed by atoms with van der Waals surface area (Å²) in [7, 11) is 0. The number of hydrogen-bond acceptors (Lipinski definition) is 2. The van der Waals surface area contributed by atoms with Gasteiger partial charge >= 0.3 is 0 Å². The molecule has 3 heteroatoms. The predicted octanol–water partition coefficient (Wildman–Crippen LogP) is 3.99. The molecule has 0 amide bonds. The second kappa shape index (κ2) is 6.17. The van der Waals surface area contributed by atoms with Crippen LogP contribution < -0.4 is 0 Å². The molecule has 3 nitrogen and oxygen atoms in total. The van der Waals surface area contributed by atoms with E-state index < -0.39 is 32.2 Å². The van der Waals surface area contributed by atoms with E-state index in [1.807, 2.05) is 31.2 Å². The van der Waals surface area contributed by atoms with Crippen LogP contribution in [0.5, 0.6) is 0 Å². The van der Waals surface area contributed by atoms with Crippen LogP contribution in [0.4, 0.5) is 0 Å². The van der Waals surface area contributed by atoms with Gasteiger partial charge in [0.05, 0.1) is 20.3 Å². The van der Waals surface area contributed by atoms with E-state index >= 15 is 0 Å². The van der Waals surface area contributed by atoms with Crippen molar-refractivity contribution in [3.63, 3.8) is 0 Å². The van der Waals surface area contributed by atoms with Crippen LogP contribution in [0.2, 0.25) is 0 Å². The molecular weight excluding hydrogens is 282 g/mol. The zero-order valence-electron chi connectivity index (χ0n) is 22.7.